The minimum Gasteiger partial charge on any atom is -0.348 e. The van der Waals surface area contributed by atoms with Crippen LogP contribution in [0.25, 0.3) is 0 Å². The molecule has 0 bridgehead atoms. The van der Waals surface area contributed by atoms with E-state index in [0.717, 1.165) is 41.3 Å². The van der Waals surface area contributed by atoms with Crippen LogP contribution in [0.3, 0.4) is 0 Å². The molecule has 6 heteroatoms. The number of aryl methyl sites for hydroxylation is 2. The smallest absolute Gasteiger partial charge is 0.228 e. The molecule has 2 aromatic rings. The summed E-state index contributed by atoms with van der Waals surface area (Å²) in [4.78, 5) is 19.5. The molecule has 0 saturated carbocycles. The van der Waals surface area contributed by atoms with Crippen molar-refractivity contribution in [1.82, 2.24) is 14.3 Å². The molecule has 2 heterocycles. The summed E-state index contributed by atoms with van der Waals surface area (Å²) in [5.41, 5.74) is 3.14. The number of H-pyrrole nitrogens is 1. The van der Waals surface area contributed by atoms with Gasteiger partial charge in [0, 0.05) is 18.0 Å². The van der Waals surface area contributed by atoms with Gasteiger partial charge < -0.3 is 10.3 Å². The highest BCUT2D eigenvalue weighted by molar-refractivity contribution is 7.10. The van der Waals surface area contributed by atoms with E-state index in [1.807, 2.05) is 13.0 Å². The number of rotatable bonds is 2. The van der Waals surface area contributed by atoms with Crippen LogP contribution in [0.15, 0.2) is 12.4 Å². The Balaban J connectivity index is 1.67. The number of hydrogen-bond acceptors (Lipinski definition) is 4. The van der Waals surface area contributed by atoms with Crippen LogP contribution in [0, 0.1) is 12.8 Å². The van der Waals surface area contributed by atoms with E-state index in [0.29, 0.717) is 0 Å². The zero-order valence-electron chi connectivity index (χ0n) is 10.1. The molecule has 0 saturated heterocycles. The van der Waals surface area contributed by atoms with Crippen LogP contribution < -0.4 is 5.32 Å². The molecule has 2 aromatic heterocycles. The van der Waals surface area contributed by atoms with Gasteiger partial charge in [-0.1, -0.05) is 0 Å². The number of nitrogens with one attached hydrogen (secondary N) is 2. The van der Waals surface area contributed by atoms with Gasteiger partial charge in [-0.05, 0) is 37.4 Å². The Morgan fingerprint density at radius 3 is 3.28 bits per heavy atom. The number of carbonyl (C=O) groups excluding carboxylic acids is 1. The molecule has 0 unspecified atom stereocenters. The summed E-state index contributed by atoms with van der Waals surface area (Å²) in [5, 5.41) is 3.77. The molecule has 94 valence electrons. The number of imidazole rings is 1. The molecule has 0 aromatic carbocycles. The number of aromatic nitrogens is 3. The fraction of sp³-hybridized carbons (Fsp3) is 0.417. The van der Waals surface area contributed by atoms with Gasteiger partial charge in [0.05, 0.1) is 17.7 Å². The molecule has 2 N–H and O–H groups in total. The molecule has 1 aliphatic rings. The molecule has 1 atom stereocenters. The highest BCUT2D eigenvalue weighted by Crippen LogP contribution is 2.25. The van der Waals surface area contributed by atoms with Crippen molar-refractivity contribution in [2.24, 2.45) is 5.92 Å². The standard InChI is InChI=1S/C12H14N4OS/c1-7-4-11(18-16-7)15-12(17)8-2-3-9-10(5-8)14-6-13-9/h4,6,8H,2-3,5H2,1H3,(H,13,14)(H,15,17)/t8-/m1/s1. The Kier molecular flexibility index (Phi) is 2.87. The number of amides is 1. The summed E-state index contributed by atoms with van der Waals surface area (Å²) in [6.07, 6.45) is 4.19. The van der Waals surface area contributed by atoms with Crippen LogP contribution in [-0.2, 0) is 17.6 Å². The molecule has 0 fully saturated rings. The van der Waals surface area contributed by atoms with E-state index in [9.17, 15) is 4.79 Å². The largest absolute Gasteiger partial charge is 0.348 e. The Morgan fingerprint density at radius 2 is 2.50 bits per heavy atom. The summed E-state index contributed by atoms with van der Waals surface area (Å²) in [6, 6.07) is 1.90. The van der Waals surface area contributed by atoms with Gasteiger partial charge in [-0.15, -0.1) is 0 Å². The number of aromatic amines is 1. The van der Waals surface area contributed by atoms with Crippen molar-refractivity contribution in [3.8, 4) is 0 Å². The topological polar surface area (TPSA) is 70.7 Å². The average Bonchev–Trinajstić information content (AvgIpc) is 2.96. The van der Waals surface area contributed by atoms with Crippen LogP contribution in [0.2, 0.25) is 0 Å². The van der Waals surface area contributed by atoms with Gasteiger partial charge in [0.1, 0.15) is 5.00 Å². The second kappa shape index (κ2) is 4.53. The van der Waals surface area contributed by atoms with Crippen molar-refractivity contribution in [3.63, 3.8) is 0 Å². The first-order valence-electron chi connectivity index (χ1n) is 5.97. The number of carbonyl (C=O) groups is 1. The van der Waals surface area contributed by atoms with Gasteiger partial charge in [0.15, 0.2) is 0 Å². The fourth-order valence-electron chi connectivity index (χ4n) is 2.27. The van der Waals surface area contributed by atoms with Crippen molar-refractivity contribution < 1.29 is 4.79 Å². The van der Waals surface area contributed by atoms with Gasteiger partial charge in [-0.3, -0.25) is 4.79 Å². The van der Waals surface area contributed by atoms with E-state index in [1.165, 1.54) is 11.5 Å². The average molecular weight is 262 g/mol. The number of hydrogen-bond donors (Lipinski definition) is 2. The molecule has 3 rings (SSSR count). The summed E-state index contributed by atoms with van der Waals surface area (Å²) >= 11 is 1.33. The first kappa shape index (κ1) is 11.4. The Hall–Kier alpha value is -1.69. The normalized spacial score (nSPS) is 18.4. The van der Waals surface area contributed by atoms with Gasteiger partial charge in [-0.25, -0.2) is 4.98 Å². The fourth-order valence-corrected chi connectivity index (χ4v) is 2.94. The highest BCUT2D eigenvalue weighted by Gasteiger charge is 2.26. The van der Waals surface area contributed by atoms with E-state index >= 15 is 0 Å². The Bertz CT molecular complexity index is 574. The van der Waals surface area contributed by atoms with E-state index in [-0.39, 0.29) is 11.8 Å². The zero-order valence-corrected chi connectivity index (χ0v) is 10.9. The second-order valence-electron chi connectivity index (χ2n) is 4.59. The number of anilines is 1. The zero-order chi connectivity index (χ0) is 12.5. The Labute approximate surface area is 109 Å². The first-order valence-corrected chi connectivity index (χ1v) is 6.75. The van der Waals surface area contributed by atoms with E-state index < -0.39 is 0 Å². The van der Waals surface area contributed by atoms with E-state index in [4.69, 9.17) is 0 Å². The summed E-state index contributed by atoms with van der Waals surface area (Å²) < 4.78 is 4.15. The molecular formula is C12H14N4OS. The monoisotopic (exact) mass is 262 g/mol. The third-order valence-electron chi connectivity index (χ3n) is 3.23. The van der Waals surface area contributed by atoms with Gasteiger partial charge in [-0.2, -0.15) is 4.37 Å². The molecule has 5 nitrogen and oxygen atoms in total. The number of nitrogens with zero attached hydrogens (tertiary/aromatic N) is 2. The first-order chi connectivity index (χ1) is 8.72. The maximum absolute atomic E-state index is 12.1. The quantitative estimate of drug-likeness (QED) is 0.868. The van der Waals surface area contributed by atoms with Crippen molar-refractivity contribution in [2.45, 2.75) is 26.2 Å². The van der Waals surface area contributed by atoms with Crippen LogP contribution >= 0.6 is 11.5 Å². The summed E-state index contributed by atoms with van der Waals surface area (Å²) in [5.74, 6) is 0.110. The van der Waals surface area contributed by atoms with Gasteiger partial charge >= 0.3 is 0 Å². The third-order valence-corrected chi connectivity index (χ3v) is 4.03. The summed E-state index contributed by atoms with van der Waals surface area (Å²) in [6.45, 7) is 1.92. The van der Waals surface area contributed by atoms with Crippen LogP contribution in [-0.4, -0.2) is 20.2 Å². The molecule has 0 spiro atoms. The predicted molar refractivity (Wildman–Crippen MR) is 69.6 cm³/mol. The molecular weight excluding hydrogens is 248 g/mol. The second-order valence-corrected chi connectivity index (χ2v) is 5.39. The van der Waals surface area contributed by atoms with Crippen molar-refractivity contribution in [2.75, 3.05) is 5.32 Å². The van der Waals surface area contributed by atoms with Crippen LogP contribution in [0.1, 0.15) is 23.5 Å². The predicted octanol–water partition coefficient (Wildman–Crippen LogP) is 1.92. The Morgan fingerprint density at radius 1 is 1.61 bits per heavy atom. The lowest BCUT2D eigenvalue weighted by Crippen LogP contribution is -2.27. The molecule has 18 heavy (non-hydrogen) atoms. The van der Waals surface area contributed by atoms with Crippen molar-refractivity contribution >= 4 is 22.4 Å². The van der Waals surface area contributed by atoms with Gasteiger partial charge in [0.2, 0.25) is 5.91 Å². The third kappa shape index (κ3) is 2.15. The van der Waals surface area contributed by atoms with E-state index in [2.05, 4.69) is 19.7 Å². The van der Waals surface area contributed by atoms with E-state index in [1.54, 1.807) is 6.33 Å². The SMILES string of the molecule is Cc1cc(NC(=O)[C@@H]2CCc3nc[nH]c3C2)sn1. The van der Waals surface area contributed by atoms with Crippen molar-refractivity contribution in [1.29, 1.82) is 0 Å². The van der Waals surface area contributed by atoms with Crippen molar-refractivity contribution in [3.05, 3.63) is 29.5 Å². The lowest BCUT2D eigenvalue weighted by molar-refractivity contribution is -0.120. The van der Waals surface area contributed by atoms with Gasteiger partial charge in [0.25, 0.3) is 0 Å². The lowest BCUT2D eigenvalue weighted by atomic mass is 9.89. The number of fused-ring (bicyclic) bond motifs is 1. The molecule has 0 aliphatic heterocycles. The minimum atomic E-state index is 0.0281. The molecule has 1 amide bonds. The highest BCUT2D eigenvalue weighted by atomic mass is 32.1. The van der Waals surface area contributed by atoms with Crippen LogP contribution in [0.4, 0.5) is 5.00 Å². The van der Waals surface area contributed by atoms with Crippen LogP contribution in [0.5, 0.6) is 0 Å². The summed E-state index contributed by atoms with van der Waals surface area (Å²) in [7, 11) is 0. The maximum atomic E-state index is 12.1. The molecule has 1 aliphatic carbocycles. The maximum Gasteiger partial charge on any atom is 0.228 e. The molecule has 0 radical (unpaired) electrons. The lowest BCUT2D eigenvalue weighted by Gasteiger charge is -2.20. The minimum absolute atomic E-state index is 0.0281.